The SMILES string of the molecule is OCC#Cc1ccc(CSc2ccccc2F)s1. The number of aliphatic hydroxyl groups excluding tert-OH is 1. The molecule has 0 aliphatic rings. The largest absolute Gasteiger partial charge is 0.384 e. The Morgan fingerprint density at radius 1 is 1.22 bits per heavy atom. The minimum absolute atomic E-state index is 0.128. The van der Waals surface area contributed by atoms with Crippen molar-refractivity contribution in [1.29, 1.82) is 0 Å². The first kappa shape index (κ1) is 13.2. The molecule has 0 aliphatic carbocycles. The summed E-state index contributed by atoms with van der Waals surface area (Å²) in [6, 6.07) is 10.7. The normalized spacial score (nSPS) is 9.89. The molecule has 0 radical (unpaired) electrons. The number of aliphatic hydroxyl groups is 1. The predicted octanol–water partition coefficient (Wildman–Crippen LogP) is 3.52. The van der Waals surface area contributed by atoms with Crippen LogP contribution in [0, 0.1) is 17.7 Å². The van der Waals surface area contributed by atoms with E-state index in [1.165, 1.54) is 17.8 Å². The minimum Gasteiger partial charge on any atom is -0.384 e. The molecule has 0 saturated heterocycles. The Balaban J connectivity index is 1.98. The molecule has 0 unspecified atom stereocenters. The zero-order chi connectivity index (χ0) is 12.8. The fraction of sp³-hybridized carbons (Fsp3) is 0.143. The first-order valence-corrected chi connectivity index (χ1v) is 7.15. The lowest BCUT2D eigenvalue weighted by atomic mass is 10.3. The quantitative estimate of drug-likeness (QED) is 0.684. The molecule has 0 aliphatic heterocycles. The van der Waals surface area contributed by atoms with Crippen molar-refractivity contribution in [3.63, 3.8) is 0 Å². The molecule has 92 valence electrons. The van der Waals surface area contributed by atoms with E-state index < -0.39 is 0 Å². The fourth-order valence-electron chi connectivity index (χ4n) is 1.36. The van der Waals surface area contributed by atoms with Gasteiger partial charge in [-0.3, -0.25) is 0 Å². The maximum atomic E-state index is 13.4. The monoisotopic (exact) mass is 278 g/mol. The van der Waals surface area contributed by atoms with Gasteiger partial charge in [0.1, 0.15) is 12.4 Å². The van der Waals surface area contributed by atoms with Gasteiger partial charge in [0, 0.05) is 15.5 Å². The average Bonchev–Trinajstić information content (AvgIpc) is 2.83. The molecular formula is C14H11FOS2. The van der Waals surface area contributed by atoms with Crippen LogP contribution in [0.2, 0.25) is 0 Å². The van der Waals surface area contributed by atoms with E-state index in [4.69, 9.17) is 5.11 Å². The standard InChI is InChI=1S/C14H11FOS2/c15-13-5-1-2-6-14(13)17-10-12-8-7-11(18-12)4-3-9-16/h1-2,5-8,16H,9-10H2. The van der Waals surface area contributed by atoms with Crippen LogP contribution in [0.3, 0.4) is 0 Å². The zero-order valence-electron chi connectivity index (χ0n) is 9.52. The second-order valence-corrected chi connectivity index (χ2v) is 5.63. The van der Waals surface area contributed by atoms with Crippen molar-refractivity contribution >= 4 is 23.1 Å². The van der Waals surface area contributed by atoms with Crippen molar-refractivity contribution in [3.05, 3.63) is 52.0 Å². The van der Waals surface area contributed by atoms with Crippen molar-refractivity contribution in [2.75, 3.05) is 6.61 Å². The van der Waals surface area contributed by atoms with Crippen LogP contribution >= 0.6 is 23.1 Å². The van der Waals surface area contributed by atoms with Gasteiger partial charge in [-0.05, 0) is 24.3 Å². The van der Waals surface area contributed by atoms with Gasteiger partial charge in [-0.2, -0.15) is 0 Å². The molecule has 0 fully saturated rings. The van der Waals surface area contributed by atoms with Gasteiger partial charge in [0.15, 0.2) is 0 Å². The maximum Gasteiger partial charge on any atom is 0.136 e. The third-order valence-corrected chi connectivity index (χ3v) is 4.44. The lowest BCUT2D eigenvalue weighted by Gasteiger charge is -2.00. The molecule has 0 atom stereocenters. The molecule has 18 heavy (non-hydrogen) atoms. The Labute approximate surface area is 114 Å². The van der Waals surface area contributed by atoms with Gasteiger partial charge in [0.25, 0.3) is 0 Å². The van der Waals surface area contributed by atoms with Gasteiger partial charge < -0.3 is 5.11 Å². The Morgan fingerprint density at radius 3 is 2.83 bits per heavy atom. The van der Waals surface area contributed by atoms with E-state index in [1.807, 2.05) is 18.2 Å². The topological polar surface area (TPSA) is 20.2 Å². The van der Waals surface area contributed by atoms with E-state index in [1.54, 1.807) is 23.5 Å². The summed E-state index contributed by atoms with van der Waals surface area (Å²) in [6.45, 7) is -0.128. The lowest BCUT2D eigenvalue weighted by molar-refractivity contribution is 0.350. The van der Waals surface area contributed by atoms with Crippen LogP contribution in [0.15, 0.2) is 41.3 Å². The highest BCUT2D eigenvalue weighted by Crippen LogP contribution is 2.28. The van der Waals surface area contributed by atoms with Crippen LogP contribution in [-0.4, -0.2) is 11.7 Å². The summed E-state index contributed by atoms with van der Waals surface area (Å²) < 4.78 is 13.4. The molecular weight excluding hydrogens is 267 g/mol. The summed E-state index contributed by atoms with van der Waals surface area (Å²) in [5, 5.41) is 8.60. The lowest BCUT2D eigenvalue weighted by Crippen LogP contribution is -1.80. The highest BCUT2D eigenvalue weighted by molar-refractivity contribution is 7.98. The van der Waals surface area contributed by atoms with E-state index in [-0.39, 0.29) is 12.4 Å². The van der Waals surface area contributed by atoms with E-state index in [0.717, 1.165) is 15.5 Å². The summed E-state index contributed by atoms with van der Waals surface area (Å²) in [7, 11) is 0. The average molecular weight is 278 g/mol. The highest BCUT2D eigenvalue weighted by Gasteiger charge is 2.03. The Hall–Kier alpha value is -1.28. The summed E-state index contributed by atoms with van der Waals surface area (Å²) in [5.41, 5.74) is 0. The van der Waals surface area contributed by atoms with Crippen molar-refractivity contribution in [2.45, 2.75) is 10.6 Å². The molecule has 0 amide bonds. The minimum atomic E-state index is -0.181. The van der Waals surface area contributed by atoms with E-state index in [0.29, 0.717) is 4.90 Å². The Bertz CT molecular complexity index is 581. The van der Waals surface area contributed by atoms with E-state index >= 15 is 0 Å². The molecule has 0 bridgehead atoms. The fourth-order valence-corrected chi connectivity index (χ4v) is 3.23. The van der Waals surface area contributed by atoms with Crippen molar-refractivity contribution < 1.29 is 9.50 Å². The zero-order valence-corrected chi connectivity index (χ0v) is 11.2. The first-order chi connectivity index (χ1) is 8.79. The summed E-state index contributed by atoms with van der Waals surface area (Å²) in [4.78, 5) is 2.73. The van der Waals surface area contributed by atoms with Gasteiger partial charge in [0.05, 0.1) is 4.88 Å². The molecule has 0 saturated carbocycles. The molecule has 1 aromatic heterocycles. The van der Waals surface area contributed by atoms with Crippen molar-refractivity contribution in [3.8, 4) is 11.8 Å². The third-order valence-electron chi connectivity index (χ3n) is 2.16. The first-order valence-electron chi connectivity index (χ1n) is 5.35. The third kappa shape index (κ3) is 3.61. The van der Waals surface area contributed by atoms with Gasteiger partial charge in [0.2, 0.25) is 0 Å². The molecule has 0 spiro atoms. The predicted molar refractivity (Wildman–Crippen MR) is 74.2 cm³/mol. The number of halogens is 1. The number of hydrogen-bond acceptors (Lipinski definition) is 3. The molecule has 2 aromatic rings. The Kier molecular flexibility index (Phi) is 4.82. The van der Waals surface area contributed by atoms with Gasteiger partial charge >= 0.3 is 0 Å². The smallest absolute Gasteiger partial charge is 0.136 e. The number of thioether (sulfide) groups is 1. The summed E-state index contributed by atoms with van der Waals surface area (Å²) >= 11 is 3.05. The van der Waals surface area contributed by atoms with Crippen LogP contribution in [0.25, 0.3) is 0 Å². The van der Waals surface area contributed by atoms with Gasteiger partial charge in [-0.1, -0.05) is 24.0 Å². The number of benzene rings is 1. The second kappa shape index (κ2) is 6.60. The Morgan fingerprint density at radius 2 is 2.06 bits per heavy atom. The second-order valence-electron chi connectivity index (χ2n) is 3.44. The van der Waals surface area contributed by atoms with Crippen molar-refractivity contribution in [2.24, 2.45) is 0 Å². The number of rotatable bonds is 3. The number of thiophene rings is 1. The maximum absolute atomic E-state index is 13.4. The molecule has 1 nitrogen and oxygen atoms in total. The van der Waals surface area contributed by atoms with Gasteiger partial charge in [-0.25, -0.2) is 4.39 Å². The van der Waals surface area contributed by atoms with E-state index in [9.17, 15) is 4.39 Å². The number of hydrogen-bond donors (Lipinski definition) is 1. The van der Waals surface area contributed by atoms with Crippen molar-refractivity contribution in [1.82, 2.24) is 0 Å². The molecule has 1 N–H and O–H groups in total. The van der Waals surface area contributed by atoms with Crippen LogP contribution in [-0.2, 0) is 5.75 Å². The van der Waals surface area contributed by atoms with Crippen LogP contribution in [0.4, 0.5) is 4.39 Å². The van der Waals surface area contributed by atoms with E-state index in [2.05, 4.69) is 11.8 Å². The van der Waals surface area contributed by atoms with Gasteiger partial charge in [-0.15, -0.1) is 23.1 Å². The highest BCUT2D eigenvalue weighted by atomic mass is 32.2. The summed E-state index contributed by atoms with van der Waals surface area (Å²) in [6.07, 6.45) is 0. The van der Waals surface area contributed by atoms with Crippen LogP contribution in [0.1, 0.15) is 9.75 Å². The molecule has 1 heterocycles. The molecule has 4 heteroatoms. The molecule has 2 rings (SSSR count). The molecule has 1 aromatic carbocycles. The van der Waals surface area contributed by atoms with Crippen LogP contribution < -0.4 is 0 Å². The van der Waals surface area contributed by atoms with Crippen LogP contribution in [0.5, 0.6) is 0 Å². The summed E-state index contributed by atoms with van der Waals surface area (Å²) in [5.74, 6) is 6.02.